The van der Waals surface area contributed by atoms with Crippen LogP contribution in [0.5, 0.6) is 0 Å². The molecule has 2 aromatic rings. The second-order valence-corrected chi connectivity index (χ2v) is 8.38. The fourth-order valence-electron chi connectivity index (χ4n) is 3.18. The molecule has 1 amide bonds. The molecule has 0 N–H and O–H groups in total. The lowest BCUT2D eigenvalue weighted by Gasteiger charge is -2.26. The molecule has 0 spiro atoms. The van der Waals surface area contributed by atoms with Gasteiger partial charge in [-0.25, -0.2) is 4.39 Å². The zero-order valence-corrected chi connectivity index (χ0v) is 17.9. The minimum absolute atomic E-state index is 0.0326. The zero-order chi connectivity index (χ0) is 21.0. The van der Waals surface area contributed by atoms with Crippen molar-refractivity contribution in [2.24, 2.45) is 11.1 Å². The number of halogens is 3. The van der Waals surface area contributed by atoms with Crippen LogP contribution in [0.25, 0.3) is 0 Å². The number of oxime groups is 1. The first-order chi connectivity index (χ1) is 13.8. The Bertz CT molecular complexity index is 917. The Hall–Kier alpha value is -2.11. The lowest BCUT2D eigenvalue weighted by atomic mass is 10.0. The van der Waals surface area contributed by atoms with E-state index in [1.807, 2.05) is 19.9 Å². The fraction of sp³-hybridized carbons (Fsp3) is 0.364. The highest BCUT2D eigenvalue weighted by Gasteiger charge is 2.27. The molecule has 154 valence electrons. The predicted octanol–water partition coefficient (Wildman–Crippen LogP) is 5.70. The average molecular weight is 437 g/mol. The van der Waals surface area contributed by atoms with Crippen molar-refractivity contribution in [3.05, 3.63) is 69.5 Å². The molecule has 0 radical (unpaired) electrons. The highest BCUT2D eigenvalue weighted by Crippen LogP contribution is 2.26. The molecule has 0 aromatic heterocycles. The molecule has 1 aliphatic heterocycles. The van der Waals surface area contributed by atoms with E-state index in [-0.39, 0.29) is 30.3 Å². The van der Waals surface area contributed by atoms with Gasteiger partial charge >= 0.3 is 0 Å². The van der Waals surface area contributed by atoms with Gasteiger partial charge in [0.25, 0.3) is 0 Å². The second-order valence-electron chi connectivity index (χ2n) is 7.56. The molecule has 0 fully saturated rings. The van der Waals surface area contributed by atoms with Crippen molar-refractivity contribution in [2.45, 2.75) is 39.3 Å². The molecule has 0 saturated heterocycles. The number of carbonyl (C=O) groups excluding carboxylic acids is 1. The van der Waals surface area contributed by atoms with Crippen LogP contribution in [0, 0.1) is 11.7 Å². The van der Waals surface area contributed by atoms with Crippen molar-refractivity contribution in [2.75, 3.05) is 6.54 Å². The number of amides is 1. The van der Waals surface area contributed by atoms with Crippen LogP contribution in [-0.2, 0) is 16.2 Å². The van der Waals surface area contributed by atoms with E-state index in [0.717, 1.165) is 11.3 Å². The molecule has 2 aromatic carbocycles. The number of hydrogen-bond acceptors (Lipinski definition) is 3. The lowest BCUT2D eigenvalue weighted by molar-refractivity contribution is -0.134. The summed E-state index contributed by atoms with van der Waals surface area (Å²) in [6, 6.07) is 11.8. The summed E-state index contributed by atoms with van der Waals surface area (Å²) in [4.78, 5) is 20.0. The van der Waals surface area contributed by atoms with E-state index in [1.54, 1.807) is 35.2 Å². The summed E-state index contributed by atoms with van der Waals surface area (Å²) in [6.07, 6.45) is 0.616. The van der Waals surface area contributed by atoms with Gasteiger partial charge in [-0.15, -0.1) is 0 Å². The lowest BCUT2D eigenvalue weighted by Crippen LogP contribution is -2.38. The largest absolute Gasteiger partial charge is 0.390 e. The molecule has 29 heavy (non-hydrogen) atoms. The maximum atomic E-state index is 14.1. The van der Waals surface area contributed by atoms with Gasteiger partial charge in [-0.1, -0.05) is 66.5 Å². The highest BCUT2D eigenvalue weighted by atomic mass is 35.5. The molecule has 0 bridgehead atoms. The minimum Gasteiger partial charge on any atom is -0.390 e. The van der Waals surface area contributed by atoms with Crippen LogP contribution < -0.4 is 0 Å². The van der Waals surface area contributed by atoms with E-state index in [2.05, 4.69) is 5.16 Å². The molecule has 1 aliphatic rings. The Labute approximate surface area is 180 Å². The summed E-state index contributed by atoms with van der Waals surface area (Å²) in [5.74, 6) is -0.150. The third kappa shape index (κ3) is 5.71. The fourth-order valence-corrected chi connectivity index (χ4v) is 3.48. The van der Waals surface area contributed by atoms with Crippen LogP contribution >= 0.6 is 23.2 Å². The van der Waals surface area contributed by atoms with E-state index in [1.165, 1.54) is 6.07 Å². The molecule has 4 nitrogen and oxygen atoms in total. The number of nitrogens with zero attached hydrogens (tertiary/aromatic N) is 2. The molecular formula is C22H23Cl2FN2O2. The smallest absolute Gasteiger partial charge is 0.223 e. The molecule has 1 atom stereocenters. The summed E-state index contributed by atoms with van der Waals surface area (Å²) in [5, 5.41) is 5.08. The Balaban J connectivity index is 1.70. The van der Waals surface area contributed by atoms with Gasteiger partial charge in [0.2, 0.25) is 5.91 Å². The summed E-state index contributed by atoms with van der Waals surface area (Å²) >= 11 is 12.1. The molecule has 7 heteroatoms. The second kappa shape index (κ2) is 9.59. The van der Waals surface area contributed by atoms with Crippen molar-refractivity contribution in [3.63, 3.8) is 0 Å². The highest BCUT2D eigenvalue weighted by molar-refractivity contribution is 6.42. The normalized spacial score (nSPS) is 15.9. The first-order valence-electron chi connectivity index (χ1n) is 9.52. The topological polar surface area (TPSA) is 41.9 Å². The van der Waals surface area contributed by atoms with Crippen molar-refractivity contribution in [3.8, 4) is 0 Å². The van der Waals surface area contributed by atoms with Gasteiger partial charge < -0.3 is 9.74 Å². The van der Waals surface area contributed by atoms with Crippen molar-refractivity contribution >= 4 is 34.8 Å². The summed E-state index contributed by atoms with van der Waals surface area (Å²) < 4.78 is 14.1. The third-order valence-electron chi connectivity index (χ3n) is 4.66. The van der Waals surface area contributed by atoms with E-state index >= 15 is 0 Å². The predicted molar refractivity (Wildman–Crippen MR) is 114 cm³/mol. The van der Waals surface area contributed by atoms with Crippen LogP contribution in [0.3, 0.4) is 0 Å². The van der Waals surface area contributed by atoms with Gasteiger partial charge in [0, 0.05) is 30.5 Å². The Kier molecular flexibility index (Phi) is 7.14. The van der Waals surface area contributed by atoms with Gasteiger partial charge in [0.1, 0.15) is 5.82 Å². The van der Waals surface area contributed by atoms with E-state index < -0.39 is 0 Å². The van der Waals surface area contributed by atoms with Crippen LogP contribution in [0.1, 0.15) is 37.8 Å². The van der Waals surface area contributed by atoms with Gasteiger partial charge in [-0.3, -0.25) is 4.79 Å². The first kappa shape index (κ1) is 21.6. The molecule has 0 aliphatic carbocycles. The molecule has 3 rings (SSSR count). The molecule has 0 unspecified atom stereocenters. The SMILES string of the molecule is CC(C)CC(=O)N(Cc1ccccc1F)C[C@H]1CC(c2ccc(Cl)c(Cl)c2)=NO1. The summed E-state index contributed by atoms with van der Waals surface area (Å²) in [5.41, 5.74) is 2.06. The molecule has 0 saturated carbocycles. The van der Waals surface area contributed by atoms with E-state index in [4.69, 9.17) is 28.0 Å². The summed E-state index contributed by atoms with van der Waals surface area (Å²) in [6.45, 7) is 4.49. The molecular weight excluding hydrogens is 414 g/mol. The van der Waals surface area contributed by atoms with Crippen molar-refractivity contribution in [1.82, 2.24) is 4.90 Å². The maximum Gasteiger partial charge on any atom is 0.223 e. The van der Waals surface area contributed by atoms with Crippen molar-refractivity contribution in [1.29, 1.82) is 0 Å². The first-order valence-corrected chi connectivity index (χ1v) is 10.3. The number of hydrogen-bond donors (Lipinski definition) is 0. The third-order valence-corrected chi connectivity index (χ3v) is 5.40. The van der Waals surface area contributed by atoms with Gasteiger partial charge in [-0.05, 0) is 24.1 Å². The molecule has 1 heterocycles. The number of carbonyl (C=O) groups is 1. The number of benzene rings is 2. The Morgan fingerprint density at radius 3 is 2.69 bits per heavy atom. The Morgan fingerprint density at radius 1 is 1.24 bits per heavy atom. The van der Waals surface area contributed by atoms with E-state index in [9.17, 15) is 9.18 Å². The van der Waals surface area contributed by atoms with Crippen LogP contribution in [-0.4, -0.2) is 29.2 Å². The standard InChI is InChI=1S/C22H23Cl2FN2O2/c1-14(2)9-22(28)27(12-16-5-3-4-6-20(16)25)13-17-11-21(26-29-17)15-7-8-18(23)19(24)10-15/h3-8,10,14,17H,9,11-13H2,1-2H3/t17-/m1/s1. The quantitative estimate of drug-likeness (QED) is 0.558. The monoisotopic (exact) mass is 436 g/mol. The average Bonchev–Trinajstić information content (AvgIpc) is 3.13. The Morgan fingerprint density at radius 2 is 2.00 bits per heavy atom. The van der Waals surface area contributed by atoms with Gasteiger partial charge in [0.05, 0.1) is 22.3 Å². The summed E-state index contributed by atoms with van der Waals surface area (Å²) in [7, 11) is 0. The van der Waals surface area contributed by atoms with Crippen molar-refractivity contribution < 1.29 is 14.0 Å². The maximum absolute atomic E-state index is 14.1. The van der Waals surface area contributed by atoms with Crippen LogP contribution in [0.15, 0.2) is 47.6 Å². The van der Waals surface area contributed by atoms with Gasteiger partial charge in [-0.2, -0.15) is 0 Å². The zero-order valence-electron chi connectivity index (χ0n) is 16.4. The van der Waals surface area contributed by atoms with Gasteiger partial charge in [0.15, 0.2) is 6.10 Å². The minimum atomic E-state index is -0.324. The van der Waals surface area contributed by atoms with E-state index in [0.29, 0.717) is 35.0 Å². The van der Waals surface area contributed by atoms with Crippen LogP contribution in [0.2, 0.25) is 10.0 Å². The van der Waals surface area contributed by atoms with Crippen LogP contribution in [0.4, 0.5) is 4.39 Å². The number of rotatable bonds is 7.